The summed E-state index contributed by atoms with van der Waals surface area (Å²) in [5, 5.41) is 2.61. The molecule has 0 unspecified atom stereocenters. The number of halogens is 3. The van der Waals surface area contributed by atoms with Gasteiger partial charge in [-0.2, -0.15) is 0 Å². The number of nitrogens with zero attached hydrogens (tertiary/aromatic N) is 2. The molecule has 4 nitrogen and oxygen atoms in total. The van der Waals surface area contributed by atoms with Gasteiger partial charge in [-0.3, -0.25) is 4.79 Å². The summed E-state index contributed by atoms with van der Waals surface area (Å²) in [6.07, 6.45) is 0. The van der Waals surface area contributed by atoms with E-state index in [4.69, 9.17) is 0 Å². The maximum atomic E-state index is 13.0. The number of likely N-dealkylation sites (N-methyl/N-ethyl adjacent to an activating group) is 1. The van der Waals surface area contributed by atoms with Crippen LogP contribution in [0.2, 0.25) is 0 Å². The van der Waals surface area contributed by atoms with Crippen molar-refractivity contribution in [2.24, 2.45) is 0 Å². The first-order chi connectivity index (χ1) is 9.47. The lowest BCUT2D eigenvalue weighted by Crippen LogP contribution is -2.48. The number of hydrogen-bond donors (Lipinski definition) is 1. The Kier molecular flexibility index (Phi) is 4.49. The van der Waals surface area contributed by atoms with Crippen molar-refractivity contribution in [1.82, 2.24) is 9.80 Å². The molecule has 2 rings (SSSR count). The average Bonchev–Trinajstić information content (AvgIpc) is 2.42. The molecule has 1 aromatic rings. The van der Waals surface area contributed by atoms with Crippen LogP contribution in [-0.2, 0) is 4.79 Å². The van der Waals surface area contributed by atoms with Crippen LogP contribution >= 0.6 is 0 Å². The van der Waals surface area contributed by atoms with E-state index in [-0.39, 0.29) is 18.1 Å². The first kappa shape index (κ1) is 14.6. The fourth-order valence-electron chi connectivity index (χ4n) is 2.00. The van der Waals surface area contributed by atoms with Crippen LogP contribution in [-0.4, -0.2) is 55.5 Å². The molecule has 20 heavy (non-hydrogen) atoms. The average molecular weight is 287 g/mol. The molecule has 110 valence electrons. The summed E-state index contributed by atoms with van der Waals surface area (Å²) in [4.78, 5) is 15.7. The summed E-state index contributed by atoms with van der Waals surface area (Å²) in [5.74, 6) is -4.22. The first-order valence-electron chi connectivity index (χ1n) is 6.32. The van der Waals surface area contributed by atoms with Crippen LogP contribution in [0.1, 0.15) is 0 Å². The topological polar surface area (TPSA) is 35.6 Å². The van der Waals surface area contributed by atoms with Crippen molar-refractivity contribution in [1.29, 1.82) is 0 Å². The Morgan fingerprint density at radius 2 is 1.70 bits per heavy atom. The van der Waals surface area contributed by atoms with Crippen molar-refractivity contribution < 1.29 is 18.0 Å². The number of benzene rings is 1. The van der Waals surface area contributed by atoms with E-state index in [2.05, 4.69) is 10.2 Å². The Labute approximate surface area is 115 Å². The molecule has 1 heterocycles. The van der Waals surface area contributed by atoms with Gasteiger partial charge in [-0.25, -0.2) is 13.2 Å². The number of piperazine rings is 1. The van der Waals surface area contributed by atoms with E-state index in [1.807, 2.05) is 7.05 Å². The molecule has 0 atom stereocenters. The lowest BCUT2D eigenvalue weighted by atomic mass is 10.2. The monoisotopic (exact) mass is 287 g/mol. The van der Waals surface area contributed by atoms with Crippen LogP contribution in [0.15, 0.2) is 12.1 Å². The van der Waals surface area contributed by atoms with Crippen molar-refractivity contribution in [2.45, 2.75) is 0 Å². The van der Waals surface area contributed by atoms with Crippen molar-refractivity contribution in [3.8, 4) is 0 Å². The highest BCUT2D eigenvalue weighted by Gasteiger charge is 2.19. The van der Waals surface area contributed by atoms with Gasteiger partial charge in [0.25, 0.3) is 0 Å². The molecule has 1 amide bonds. The second kappa shape index (κ2) is 6.13. The third-order valence-corrected chi connectivity index (χ3v) is 3.28. The zero-order chi connectivity index (χ0) is 14.7. The van der Waals surface area contributed by atoms with Crippen molar-refractivity contribution in [3.63, 3.8) is 0 Å². The smallest absolute Gasteiger partial charge is 0.241 e. The van der Waals surface area contributed by atoms with E-state index >= 15 is 0 Å². The van der Waals surface area contributed by atoms with E-state index in [0.29, 0.717) is 13.1 Å². The molecule has 0 radical (unpaired) electrons. The largest absolute Gasteiger partial charge is 0.376 e. The zero-order valence-corrected chi connectivity index (χ0v) is 11.1. The number of hydrogen-bond acceptors (Lipinski definition) is 3. The molecule has 1 fully saturated rings. The van der Waals surface area contributed by atoms with Crippen LogP contribution in [0.25, 0.3) is 0 Å². The molecule has 1 N–H and O–H groups in total. The summed E-state index contributed by atoms with van der Waals surface area (Å²) in [5.41, 5.74) is 0.0453. The zero-order valence-electron chi connectivity index (χ0n) is 11.1. The van der Waals surface area contributed by atoms with Crippen LogP contribution in [0.3, 0.4) is 0 Å². The van der Waals surface area contributed by atoms with Crippen molar-refractivity contribution >= 4 is 11.6 Å². The van der Waals surface area contributed by atoms with Gasteiger partial charge in [0.15, 0.2) is 17.5 Å². The molecule has 0 spiro atoms. The van der Waals surface area contributed by atoms with Crippen molar-refractivity contribution in [3.05, 3.63) is 29.6 Å². The summed E-state index contributed by atoms with van der Waals surface area (Å²) < 4.78 is 38.8. The summed E-state index contributed by atoms with van der Waals surface area (Å²) in [6, 6.07) is 1.66. The van der Waals surface area contributed by atoms with Gasteiger partial charge < -0.3 is 15.1 Å². The quantitative estimate of drug-likeness (QED) is 0.851. The first-order valence-corrected chi connectivity index (χ1v) is 6.32. The minimum absolute atomic E-state index is 0.0453. The lowest BCUT2D eigenvalue weighted by molar-refractivity contribution is -0.130. The third kappa shape index (κ3) is 3.41. The Morgan fingerprint density at radius 3 is 2.25 bits per heavy atom. The van der Waals surface area contributed by atoms with E-state index in [0.717, 1.165) is 25.2 Å². The maximum absolute atomic E-state index is 13.0. The molecule has 1 aliphatic rings. The standard InChI is InChI=1S/C13H16F3N3O/c1-18-2-4-19(5-3-18)12(20)8-17-9-6-10(14)13(16)11(15)7-9/h6-7,17H,2-5,8H2,1H3. The SMILES string of the molecule is CN1CCN(C(=O)CNc2cc(F)c(F)c(F)c2)CC1. The molecular weight excluding hydrogens is 271 g/mol. The molecule has 1 aliphatic heterocycles. The van der Waals surface area contributed by atoms with Gasteiger partial charge in [0, 0.05) is 44.0 Å². The predicted octanol–water partition coefficient (Wildman–Crippen LogP) is 1.29. The van der Waals surface area contributed by atoms with Crippen LogP contribution in [0, 0.1) is 17.5 Å². The van der Waals surface area contributed by atoms with Gasteiger partial charge >= 0.3 is 0 Å². The maximum Gasteiger partial charge on any atom is 0.241 e. The van der Waals surface area contributed by atoms with Gasteiger partial charge in [0.1, 0.15) is 0 Å². The summed E-state index contributed by atoms with van der Waals surface area (Å²) in [7, 11) is 1.98. The molecule has 1 aromatic carbocycles. The minimum atomic E-state index is -1.51. The van der Waals surface area contributed by atoms with E-state index in [1.165, 1.54) is 0 Å². The van der Waals surface area contributed by atoms with Gasteiger partial charge in [-0.1, -0.05) is 0 Å². The number of nitrogens with one attached hydrogen (secondary N) is 1. The Balaban J connectivity index is 1.90. The lowest BCUT2D eigenvalue weighted by Gasteiger charge is -2.32. The van der Waals surface area contributed by atoms with Gasteiger partial charge in [-0.05, 0) is 7.05 Å². The molecule has 1 saturated heterocycles. The van der Waals surface area contributed by atoms with E-state index in [1.54, 1.807) is 4.90 Å². The third-order valence-electron chi connectivity index (χ3n) is 3.28. The second-order valence-corrected chi connectivity index (χ2v) is 4.79. The van der Waals surface area contributed by atoms with Crippen LogP contribution < -0.4 is 5.32 Å². The fraction of sp³-hybridized carbons (Fsp3) is 0.462. The second-order valence-electron chi connectivity index (χ2n) is 4.79. The van der Waals surface area contributed by atoms with Crippen LogP contribution in [0.5, 0.6) is 0 Å². The molecule has 7 heteroatoms. The number of carbonyl (C=O) groups is 1. The number of anilines is 1. The van der Waals surface area contributed by atoms with Crippen molar-refractivity contribution in [2.75, 3.05) is 45.1 Å². The minimum Gasteiger partial charge on any atom is -0.376 e. The molecule has 0 aromatic heterocycles. The normalized spacial score (nSPS) is 16.3. The number of amides is 1. The molecule has 0 bridgehead atoms. The Morgan fingerprint density at radius 1 is 1.15 bits per heavy atom. The van der Waals surface area contributed by atoms with Gasteiger partial charge in [-0.15, -0.1) is 0 Å². The highest BCUT2D eigenvalue weighted by atomic mass is 19.2. The Bertz CT molecular complexity index is 479. The number of rotatable bonds is 3. The van der Waals surface area contributed by atoms with Gasteiger partial charge in [0.2, 0.25) is 5.91 Å². The summed E-state index contributed by atoms with van der Waals surface area (Å²) in [6.45, 7) is 2.78. The van der Waals surface area contributed by atoms with Crippen LogP contribution in [0.4, 0.5) is 18.9 Å². The fourth-order valence-corrected chi connectivity index (χ4v) is 2.00. The van der Waals surface area contributed by atoms with E-state index in [9.17, 15) is 18.0 Å². The summed E-state index contributed by atoms with van der Waals surface area (Å²) >= 11 is 0. The predicted molar refractivity (Wildman–Crippen MR) is 68.9 cm³/mol. The molecule has 0 saturated carbocycles. The number of carbonyl (C=O) groups excluding carboxylic acids is 1. The highest BCUT2D eigenvalue weighted by Crippen LogP contribution is 2.17. The molecular formula is C13H16F3N3O. The van der Waals surface area contributed by atoms with E-state index < -0.39 is 17.5 Å². The Hall–Kier alpha value is -1.76. The van der Waals surface area contributed by atoms with Gasteiger partial charge in [0.05, 0.1) is 6.54 Å². The highest BCUT2D eigenvalue weighted by molar-refractivity contribution is 5.81. The molecule has 0 aliphatic carbocycles.